The Balaban J connectivity index is 2.11. The first-order valence-corrected chi connectivity index (χ1v) is 6.69. The van der Waals surface area contributed by atoms with Crippen LogP contribution in [0.2, 0.25) is 0 Å². The fourth-order valence-corrected chi connectivity index (χ4v) is 2.84. The zero-order valence-corrected chi connectivity index (χ0v) is 11.2. The number of hydrazine groups is 1. The molecule has 0 amide bonds. The van der Waals surface area contributed by atoms with Gasteiger partial charge in [-0.25, -0.2) is 0 Å². The standard InChI is InChI=1S/C14H23N3O/c1-10-3-5-11(6-4-10)14(17-15)12-7-13(18-2)9-16-8-12/h7-11,14,17H,3-6,15H2,1-2H3. The fraction of sp³-hybridized carbons (Fsp3) is 0.643. The van der Waals surface area contributed by atoms with Crippen LogP contribution in [0.25, 0.3) is 0 Å². The number of hydrogen-bond acceptors (Lipinski definition) is 4. The van der Waals surface area contributed by atoms with Crippen molar-refractivity contribution in [2.24, 2.45) is 17.7 Å². The van der Waals surface area contributed by atoms with Gasteiger partial charge in [-0.1, -0.05) is 19.8 Å². The number of aromatic nitrogens is 1. The average molecular weight is 249 g/mol. The highest BCUT2D eigenvalue weighted by molar-refractivity contribution is 5.26. The van der Waals surface area contributed by atoms with E-state index < -0.39 is 0 Å². The lowest BCUT2D eigenvalue weighted by atomic mass is 9.78. The Bertz CT molecular complexity index is 375. The monoisotopic (exact) mass is 249 g/mol. The summed E-state index contributed by atoms with van der Waals surface area (Å²) in [7, 11) is 1.66. The molecule has 0 spiro atoms. The highest BCUT2D eigenvalue weighted by atomic mass is 16.5. The Kier molecular flexibility index (Phi) is 4.55. The lowest BCUT2D eigenvalue weighted by Gasteiger charge is -2.32. The van der Waals surface area contributed by atoms with Gasteiger partial charge in [0, 0.05) is 6.20 Å². The highest BCUT2D eigenvalue weighted by Crippen LogP contribution is 2.36. The first kappa shape index (κ1) is 13.3. The van der Waals surface area contributed by atoms with E-state index >= 15 is 0 Å². The SMILES string of the molecule is COc1cncc(C(NN)C2CCC(C)CC2)c1. The van der Waals surface area contributed by atoms with Crippen LogP contribution in [0.1, 0.15) is 44.2 Å². The van der Waals surface area contributed by atoms with E-state index in [-0.39, 0.29) is 6.04 Å². The molecule has 3 N–H and O–H groups in total. The van der Waals surface area contributed by atoms with E-state index in [0.29, 0.717) is 5.92 Å². The summed E-state index contributed by atoms with van der Waals surface area (Å²) >= 11 is 0. The molecule has 18 heavy (non-hydrogen) atoms. The topological polar surface area (TPSA) is 60.2 Å². The molecule has 1 fully saturated rings. The summed E-state index contributed by atoms with van der Waals surface area (Å²) in [5.41, 5.74) is 4.08. The van der Waals surface area contributed by atoms with E-state index in [4.69, 9.17) is 10.6 Å². The van der Waals surface area contributed by atoms with Crippen molar-refractivity contribution in [1.29, 1.82) is 0 Å². The van der Waals surface area contributed by atoms with E-state index in [1.807, 2.05) is 12.3 Å². The molecule has 1 aromatic heterocycles. The molecule has 100 valence electrons. The van der Waals surface area contributed by atoms with E-state index in [1.54, 1.807) is 13.3 Å². The van der Waals surface area contributed by atoms with Crippen molar-refractivity contribution in [3.63, 3.8) is 0 Å². The van der Waals surface area contributed by atoms with Gasteiger partial charge in [-0.15, -0.1) is 0 Å². The van der Waals surface area contributed by atoms with Crippen molar-refractivity contribution >= 4 is 0 Å². The van der Waals surface area contributed by atoms with Gasteiger partial charge >= 0.3 is 0 Å². The minimum Gasteiger partial charge on any atom is -0.495 e. The minimum absolute atomic E-state index is 0.181. The Morgan fingerprint density at radius 3 is 2.67 bits per heavy atom. The zero-order chi connectivity index (χ0) is 13.0. The number of ether oxygens (including phenoxy) is 1. The number of nitrogens with one attached hydrogen (secondary N) is 1. The zero-order valence-electron chi connectivity index (χ0n) is 11.2. The van der Waals surface area contributed by atoms with Crippen LogP contribution in [0.3, 0.4) is 0 Å². The van der Waals surface area contributed by atoms with Crippen molar-refractivity contribution in [2.75, 3.05) is 7.11 Å². The maximum atomic E-state index is 5.74. The third kappa shape index (κ3) is 3.00. The molecule has 2 rings (SSSR count). The van der Waals surface area contributed by atoms with Crippen LogP contribution in [0.15, 0.2) is 18.5 Å². The molecule has 0 aromatic carbocycles. The van der Waals surface area contributed by atoms with Crippen molar-refractivity contribution in [1.82, 2.24) is 10.4 Å². The average Bonchev–Trinajstić information content (AvgIpc) is 2.42. The fourth-order valence-electron chi connectivity index (χ4n) is 2.84. The van der Waals surface area contributed by atoms with Gasteiger partial charge in [-0.3, -0.25) is 16.3 Å². The second-order valence-electron chi connectivity index (χ2n) is 5.32. The van der Waals surface area contributed by atoms with E-state index in [1.165, 1.54) is 25.7 Å². The number of nitrogens with zero attached hydrogens (tertiary/aromatic N) is 1. The molecule has 1 saturated carbocycles. The number of hydrogen-bond donors (Lipinski definition) is 2. The summed E-state index contributed by atoms with van der Waals surface area (Å²) in [6.07, 6.45) is 8.64. The van der Waals surface area contributed by atoms with Crippen LogP contribution < -0.4 is 16.0 Å². The number of methoxy groups -OCH3 is 1. The molecule has 4 heteroatoms. The highest BCUT2D eigenvalue weighted by Gasteiger charge is 2.26. The van der Waals surface area contributed by atoms with Crippen LogP contribution >= 0.6 is 0 Å². The van der Waals surface area contributed by atoms with E-state index in [9.17, 15) is 0 Å². The van der Waals surface area contributed by atoms with E-state index in [0.717, 1.165) is 17.2 Å². The normalized spacial score (nSPS) is 25.7. The third-order valence-corrected chi connectivity index (χ3v) is 4.04. The molecular weight excluding hydrogens is 226 g/mol. The Morgan fingerprint density at radius 1 is 1.33 bits per heavy atom. The van der Waals surface area contributed by atoms with Gasteiger partial charge in [0.05, 0.1) is 19.3 Å². The molecule has 1 aliphatic carbocycles. The number of nitrogens with two attached hydrogens (primary N) is 1. The smallest absolute Gasteiger partial charge is 0.137 e. The largest absolute Gasteiger partial charge is 0.495 e. The molecule has 4 nitrogen and oxygen atoms in total. The van der Waals surface area contributed by atoms with Crippen LogP contribution in [0.4, 0.5) is 0 Å². The summed E-state index contributed by atoms with van der Waals surface area (Å²) in [5, 5.41) is 0. The van der Waals surface area contributed by atoms with Crippen LogP contribution in [0, 0.1) is 11.8 Å². The minimum atomic E-state index is 0.181. The Labute approximate surface area is 109 Å². The summed E-state index contributed by atoms with van der Waals surface area (Å²) in [5.74, 6) is 7.98. The molecule has 1 aliphatic rings. The van der Waals surface area contributed by atoms with Crippen molar-refractivity contribution in [3.8, 4) is 5.75 Å². The van der Waals surface area contributed by atoms with Crippen molar-refractivity contribution < 1.29 is 4.74 Å². The molecule has 0 saturated heterocycles. The molecule has 1 unspecified atom stereocenters. The van der Waals surface area contributed by atoms with Crippen LogP contribution in [-0.2, 0) is 0 Å². The second-order valence-corrected chi connectivity index (χ2v) is 5.32. The lowest BCUT2D eigenvalue weighted by Crippen LogP contribution is -2.35. The summed E-state index contributed by atoms with van der Waals surface area (Å²) in [6.45, 7) is 2.33. The molecule has 0 bridgehead atoms. The Hall–Kier alpha value is -1.13. The van der Waals surface area contributed by atoms with Crippen molar-refractivity contribution in [3.05, 3.63) is 24.0 Å². The first-order valence-electron chi connectivity index (χ1n) is 6.69. The predicted octanol–water partition coefficient (Wildman–Crippen LogP) is 2.42. The number of rotatable bonds is 4. The summed E-state index contributed by atoms with van der Waals surface area (Å²) < 4.78 is 5.22. The molecule has 0 aliphatic heterocycles. The van der Waals surface area contributed by atoms with Gasteiger partial charge in [-0.05, 0) is 36.3 Å². The van der Waals surface area contributed by atoms with Crippen LogP contribution in [-0.4, -0.2) is 12.1 Å². The van der Waals surface area contributed by atoms with Gasteiger partial charge in [0.25, 0.3) is 0 Å². The number of pyridine rings is 1. The molecule has 1 aromatic rings. The van der Waals surface area contributed by atoms with Crippen molar-refractivity contribution in [2.45, 2.75) is 38.6 Å². The molecule has 0 radical (unpaired) electrons. The Morgan fingerprint density at radius 2 is 2.06 bits per heavy atom. The van der Waals surface area contributed by atoms with Gasteiger partial charge in [0.1, 0.15) is 5.75 Å². The second kappa shape index (κ2) is 6.16. The van der Waals surface area contributed by atoms with E-state index in [2.05, 4.69) is 17.3 Å². The lowest BCUT2D eigenvalue weighted by molar-refractivity contribution is 0.232. The van der Waals surface area contributed by atoms with Gasteiger partial charge in [-0.2, -0.15) is 0 Å². The summed E-state index contributed by atoms with van der Waals surface area (Å²) in [4.78, 5) is 4.21. The third-order valence-electron chi connectivity index (χ3n) is 4.04. The maximum Gasteiger partial charge on any atom is 0.137 e. The quantitative estimate of drug-likeness (QED) is 0.635. The summed E-state index contributed by atoms with van der Waals surface area (Å²) in [6, 6.07) is 2.20. The molecule has 1 heterocycles. The first-order chi connectivity index (χ1) is 8.74. The van der Waals surface area contributed by atoms with Gasteiger partial charge in [0.15, 0.2) is 0 Å². The van der Waals surface area contributed by atoms with Gasteiger partial charge < -0.3 is 4.74 Å². The van der Waals surface area contributed by atoms with Gasteiger partial charge in [0.2, 0.25) is 0 Å². The molecule has 1 atom stereocenters. The van der Waals surface area contributed by atoms with Crippen LogP contribution in [0.5, 0.6) is 5.75 Å². The molecular formula is C14H23N3O. The predicted molar refractivity (Wildman–Crippen MR) is 72.0 cm³/mol. The maximum absolute atomic E-state index is 5.74.